The number of hydrogen-bond acceptors (Lipinski definition) is 2. The minimum atomic E-state index is 1.11. The molecule has 9 aromatic carbocycles. The molecule has 0 bridgehead atoms. The van der Waals surface area contributed by atoms with Gasteiger partial charge in [0.15, 0.2) is 0 Å². The van der Waals surface area contributed by atoms with Crippen LogP contribution in [0.4, 0.5) is 17.1 Å². The van der Waals surface area contributed by atoms with Crippen molar-refractivity contribution in [2.75, 3.05) is 4.90 Å². The fraction of sp³-hybridized carbons (Fsp3) is 0. The molecule has 0 atom stereocenters. The van der Waals surface area contributed by atoms with E-state index < -0.39 is 0 Å². The number of benzene rings is 9. The lowest BCUT2D eigenvalue weighted by Crippen LogP contribution is -2.11. The molecule has 0 aliphatic carbocycles. The third kappa shape index (κ3) is 5.55. The first-order valence-electron chi connectivity index (χ1n) is 19.4. The highest BCUT2D eigenvalue weighted by Crippen LogP contribution is 2.49. The van der Waals surface area contributed by atoms with Crippen molar-refractivity contribution in [2.24, 2.45) is 0 Å². The van der Waals surface area contributed by atoms with E-state index in [9.17, 15) is 0 Å². The first kappa shape index (κ1) is 33.2. The van der Waals surface area contributed by atoms with Crippen LogP contribution in [-0.4, -0.2) is 4.57 Å². The Hall–Kier alpha value is -7.20. The van der Waals surface area contributed by atoms with E-state index in [0.717, 1.165) is 28.3 Å². The third-order valence-electron chi connectivity index (χ3n) is 11.2. The van der Waals surface area contributed by atoms with Gasteiger partial charge in [0.05, 0.1) is 22.4 Å². The summed E-state index contributed by atoms with van der Waals surface area (Å²) in [6.45, 7) is 0. The van der Waals surface area contributed by atoms with Gasteiger partial charge in [-0.25, -0.2) is 0 Å². The first-order valence-corrected chi connectivity index (χ1v) is 20.3. The first-order chi connectivity index (χ1) is 28.3. The Kier molecular flexibility index (Phi) is 8.04. The van der Waals surface area contributed by atoms with Gasteiger partial charge in [0.1, 0.15) is 0 Å². The molecular formula is C54H36N2S. The number of aromatic nitrogens is 1. The molecule has 2 nitrogen and oxygen atoms in total. The molecule has 0 saturated heterocycles. The topological polar surface area (TPSA) is 8.17 Å². The average Bonchev–Trinajstić information content (AvgIpc) is 3.84. The van der Waals surface area contributed by atoms with E-state index in [2.05, 4.69) is 228 Å². The van der Waals surface area contributed by atoms with Crippen molar-refractivity contribution >= 4 is 70.4 Å². The highest BCUT2D eigenvalue weighted by atomic mass is 32.1. The van der Waals surface area contributed by atoms with Crippen molar-refractivity contribution in [2.45, 2.75) is 0 Å². The fourth-order valence-electron chi connectivity index (χ4n) is 8.70. The number of anilines is 3. The van der Waals surface area contributed by atoms with Gasteiger partial charge in [-0.05, 0) is 76.9 Å². The summed E-state index contributed by atoms with van der Waals surface area (Å²) in [5, 5.41) is 5.02. The van der Waals surface area contributed by atoms with Gasteiger partial charge in [0, 0.05) is 53.4 Å². The summed E-state index contributed by atoms with van der Waals surface area (Å²) in [6, 6.07) is 79.3. The van der Waals surface area contributed by atoms with Gasteiger partial charge in [0.2, 0.25) is 0 Å². The molecule has 57 heavy (non-hydrogen) atoms. The van der Waals surface area contributed by atoms with Gasteiger partial charge < -0.3 is 9.47 Å². The van der Waals surface area contributed by atoms with Crippen LogP contribution in [0.5, 0.6) is 0 Å². The van der Waals surface area contributed by atoms with Crippen LogP contribution < -0.4 is 4.90 Å². The summed E-state index contributed by atoms with van der Waals surface area (Å²) in [6.07, 6.45) is 0. The number of thiophene rings is 1. The van der Waals surface area contributed by atoms with E-state index in [1.54, 1.807) is 0 Å². The van der Waals surface area contributed by atoms with Crippen molar-refractivity contribution < 1.29 is 0 Å². The molecule has 2 aromatic heterocycles. The summed E-state index contributed by atoms with van der Waals surface area (Å²) >= 11 is 1.88. The second kappa shape index (κ2) is 13.8. The minimum absolute atomic E-state index is 1.11. The van der Waals surface area contributed by atoms with Crippen LogP contribution in [0.25, 0.3) is 81.0 Å². The molecule has 0 amide bonds. The third-order valence-corrected chi connectivity index (χ3v) is 12.4. The number of para-hydroxylation sites is 3. The number of nitrogens with zero attached hydrogens (tertiary/aromatic N) is 2. The van der Waals surface area contributed by atoms with E-state index in [0.29, 0.717) is 0 Å². The van der Waals surface area contributed by atoms with E-state index in [1.807, 2.05) is 11.3 Å². The van der Waals surface area contributed by atoms with Crippen molar-refractivity contribution in [3.63, 3.8) is 0 Å². The zero-order chi connectivity index (χ0) is 37.7. The molecule has 0 aliphatic rings. The molecule has 0 radical (unpaired) electrons. The van der Waals surface area contributed by atoms with Crippen LogP contribution in [0.1, 0.15) is 0 Å². The summed E-state index contributed by atoms with van der Waals surface area (Å²) in [7, 11) is 0. The van der Waals surface area contributed by atoms with Crippen molar-refractivity contribution in [1.82, 2.24) is 4.57 Å². The Balaban J connectivity index is 1.17. The zero-order valence-corrected chi connectivity index (χ0v) is 31.9. The lowest BCUT2D eigenvalue weighted by molar-refractivity contribution is 1.18. The molecule has 3 heteroatoms. The number of fused-ring (bicyclic) bond motifs is 6. The van der Waals surface area contributed by atoms with Crippen molar-refractivity contribution in [1.29, 1.82) is 0 Å². The van der Waals surface area contributed by atoms with Gasteiger partial charge in [-0.1, -0.05) is 164 Å². The molecule has 0 N–H and O–H groups in total. The Labute approximate surface area is 335 Å². The molecule has 0 saturated carbocycles. The normalized spacial score (nSPS) is 11.5. The monoisotopic (exact) mass is 744 g/mol. The Morgan fingerprint density at radius 1 is 0.368 bits per heavy atom. The summed E-state index contributed by atoms with van der Waals surface area (Å²) in [5.41, 5.74) is 14.1. The lowest BCUT2D eigenvalue weighted by Gasteiger charge is -2.29. The zero-order valence-electron chi connectivity index (χ0n) is 31.1. The molecule has 0 unspecified atom stereocenters. The smallest absolute Gasteiger partial charge is 0.0562 e. The van der Waals surface area contributed by atoms with Gasteiger partial charge in [-0.15, -0.1) is 11.3 Å². The lowest BCUT2D eigenvalue weighted by atomic mass is 9.94. The van der Waals surface area contributed by atoms with Crippen molar-refractivity contribution in [3.8, 4) is 39.1 Å². The summed E-state index contributed by atoms with van der Waals surface area (Å²) in [5.74, 6) is 0. The highest BCUT2D eigenvalue weighted by Gasteiger charge is 2.24. The molecule has 0 aliphatic heterocycles. The number of rotatable bonds is 7. The van der Waals surface area contributed by atoms with Crippen LogP contribution in [-0.2, 0) is 0 Å². The van der Waals surface area contributed by atoms with Crippen LogP contribution in [0.2, 0.25) is 0 Å². The quantitative estimate of drug-likeness (QED) is 0.158. The molecule has 11 rings (SSSR count). The standard InChI is InChI=1S/C54H36N2S/c1-4-18-37(19-5-1)41-35-34-40(36-47(41)38-20-6-2-7-21-38)56-49-30-14-11-26-46(49)53-50(31-17-32-51(53)56)55(39-22-8-3-9-23-39)48-29-13-10-24-42(48)44-27-16-28-45-43-25-12-15-33-52(43)57-54(44)45/h1-36H. The summed E-state index contributed by atoms with van der Waals surface area (Å²) in [4.78, 5) is 2.47. The molecule has 0 spiro atoms. The maximum Gasteiger partial charge on any atom is 0.0562 e. The Morgan fingerprint density at radius 3 is 1.75 bits per heavy atom. The maximum atomic E-state index is 2.47. The van der Waals surface area contributed by atoms with Crippen LogP contribution >= 0.6 is 11.3 Å². The molecule has 268 valence electrons. The predicted molar refractivity (Wildman–Crippen MR) is 245 cm³/mol. The van der Waals surface area contributed by atoms with Crippen LogP contribution in [0.3, 0.4) is 0 Å². The highest BCUT2D eigenvalue weighted by molar-refractivity contribution is 7.26. The van der Waals surface area contributed by atoms with Gasteiger partial charge in [-0.3, -0.25) is 0 Å². The van der Waals surface area contributed by atoms with Gasteiger partial charge >= 0.3 is 0 Å². The van der Waals surface area contributed by atoms with E-state index in [4.69, 9.17) is 0 Å². The van der Waals surface area contributed by atoms with E-state index in [1.165, 1.54) is 69.8 Å². The second-order valence-corrected chi connectivity index (χ2v) is 15.5. The molecule has 11 aromatic rings. The largest absolute Gasteiger partial charge is 0.309 e. The molecule has 0 fully saturated rings. The SMILES string of the molecule is c1ccc(-c2ccc(-n3c4ccccc4c4c(N(c5ccccc5)c5ccccc5-c5cccc6c5sc5ccccc56)cccc43)cc2-c2ccccc2)cc1. The van der Waals surface area contributed by atoms with Gasteiger partial charge in [0.25, 0.3) is 0 Å². The van der Waals surface area contributed by atoms with Crippen molar-refractivity contribution in [3.05, 3.63) is 218 Å². The van der Waals surface area contributed by atoms with Gasteiger partial charge in [-0.2, -0.15) is 0 Å². The van der Waals surface area contributed by atoms with E-state index in [-0.39, 0.29) is 0 Å². The Bertz CT molecular complexity index is 3230. The van der Waals surface area contributed by atoms with Crippen LogP contribution in [0.15, 0.2) is 218 Å². The number of hydrogen-bond donors (Lipinski definition) is 0. The second-order valence-electron chi connectivity index (χ2n) is 14.5. The van der Waals surface area contributed by atoms with Crippen LogP contribution in [0, 0.1) is 0 Å². The fourth-order valence-corrected chi connectivity index (χ4v) is 9.93. The minimum Gasteiger partial charge on any atom is -0.309 e. The average molecular weight is 745 g/mol. The molecular weight excluding hydrogens is 709 g/mol. The summed E-state index contributed by atoms with van der Waals surface area (Å²) < 4.78 is 5.06. The molecule has 2 heterocycles. The maximum absolute atomic E-state index is 2.47. The predicted octanol–water partition coefficient (Wildman–Crippen LogP) is 15.6. The Morgan fingerprint density at radius 2 is 0.947 bits per heavy atom. The van der Waals surface area contributed by atoms with E-state index >= 15 is 0 Å².